The molecule has 1 atom stereocenters. The van der Waals surface area contributed by atoms with Crippen molar-refractivity contribution < 1.29 is 4.74 Å². The normalized spacial score (nSPS) is 14.7. The van der Waals surface area contributed by atoms with Crippen LogP contribution in [0.2, 0.25) is 0 Å². The summed E-state index contributed by atoms with van der Waals surface area (Å²) in [5, 5.41) is 0. The fourth-order valence-electron chi connectivity index (χ4n) is 1.74. The van der Waals surface area contributed by atoms with Crippen molar-refractivity contribution in [1.29, 1.82) is 0 Å². The highest BCUT2D eigenvalue weighted by Gasteiger charge is 2.24. The van der Waals surface area contributed by atoms with E-state index in [0.717, 1.165) is 13.0 Å². The van der Waals surface area contributed by atoms with E-state index >= 15 is 0 Å². The van der Waals surface area contributed by atoms with Crippen LogP contribution >= 0.6 is 0 Å². The number of hydrogen-bond acceptors (Lipinski definition) is 1. The summed E-state index contributed by atoms with van der Waals surface area (Å²) in [6.07, 6.45) is 2.89. The molecule has 1 rings (SSSR count). The third kappa shape index (κ3) is 2.46. The first kappa shape index (κ1) is 11.0. The van der Waals surface area contributed by atoms with Gasteiger partial charge in [0.1, 0.15) is 0 Å². The van der Waals surface area contributed by atoms with Gasteiger partial charge in [-0.15, -0.1) is 6.58 Å². The zero-order valence-electron chi connectivity index (χ0n) is 8.99. The maximum atomic E-state index is 5.27. The number of methoxy groups -OCH3 is 1. The molecule has 0 aliphatic rings. The minimum absolute atomic E-state index is 0.0533. The highest BCUT2D eigenvalue weighted by molar-refractivity contribution is 5.25. The number of allylic oxidation sites excluding steroid dienone is 1. The SMILES string of the molecule is C=CCC(C)(COC)c1ccccc1. The second kappa shape index (κ2) is 4.97. The van der Waals surface area contributed by atoms with E-state index in [-0.39, 0.29) is 5.41 Å². The fourth-order valence-corrected chi connectivity index (χ4v) is 1.74. The molecule has 0 aliphatic heterocycles. The van der Waals surface area contributed by atoms with Gasteiger partial charge in [-0.25, -0.2) is 0 Å². The molecule has 1 aromatic carbocycles. The van der Waals surface area contributed by atoms with Gasteiger partial charge in [0.2, 0.25) is 0 Å². The van der Waals surface area contributed by atoms with Crippen LogP contribution in [0.15, 0.2) is 43.0 Å². The van der Waals surface area contributed by atoms with E-state index < -0.39 is 0 Å². The Morgan fingerprint density at radius 1 is 1.36 bits per heavy atom. The maximum Gasteiger partial charge on any atom is 0.0559 e. The molecule has 1 aromatic rings. The standard InChI is InChI=1S/C13H18O/c1-4-10-13(2,11-14-3)12-8-6-5-7-9-12/h4-9H,1,10-11H2,2-3H3. The molecule has 0 N–H and O–H groups in total. The molecule has 0 radical (unpaired) electrons. The van der Waals surface area contributed by atoms with E-state index in [0.29, 0.717) is 0 Å². The van der Waals surface area contributed by atoms with Crippen LogP contribution in [0.5, 0.6) is 0 Å². The van der Waals surface area contributed by atoms with Gasteiger partial charge in [0.05, 0.1) is 6.61 Å². The summed E-state index contributed by atoms with van der Waals surface area (Å²) in [6.45, 7) is 6.73. The first-order valence-electron chi connectivity index (χ1n) is 4.88. The van der Waals surface area contributed by atoms with Crippen molar-refractivity contribution in [3.8, 4) is 0 Å². The van der Waals surface area contributed by atoms with Gasteiger partial charge >= 0.3 is 0 Å². The largest absolute Gasteiger partial charge is 0.384 e. The molecule has 0 aliphatic carbocycles. The monoisotopic (exact) mass is 190 g/mol. The van der Waals surface area contributed by atoms with Crippen LogP contribution in [0.3, 0.4) is 0 Å². The van der Waals surface area contributed by atoms with E-state index in [2.05, 4.69) is 37.8 Å². The maximum absolute atomic E-state index is 5.27. The lowest BCUT2D eigenvalue weighted by Crippen LogP contribution is -2.27. The third-order valence-electron chi connectivity index (χ3n) is 2.53. The third-order valence-corrected chi connectivity index (χ3v) is 2.53. The molecule has 0 saturated heterocycles. The first-order chi connectivity index (χ1) is 6.73. The summed E-state index contributed by atoms with van der Waals surface area (Å²) in [4.78, 5) is 0. The molecule has 0 bridgehead atoms. The Morgan fingerprint density at radius 2 is 2.00 bits per heavy atom. The summed E-state index contributed by atoms with van der Waals surface area (Å²) in [6, 6.07) is 10.4. The quantitative estimate of drug-likeness (QED) is 0.648. The van der Waals surface area contributed by atoms with Gasteiger partial charge in [-0.3, -0.25) is 0 Å². The predicted molar refractivity (Wildman–Crippen MR) is 60.5 cm³/mol. The molecule has 14 heavy (non-hydrogen) atoms. The van der Waals surface area contributed by atoms with Gasteiger partial charge in [0.25, 0.3) is 0 Å². The molecule has 0 saturated carbocycles. The van der Waals surface area contributed by atoms with Crippen LogP contribution in [0.25, 0.3) is 0 Å². The van der Waals surface area contributed by atoms with Crippen molar-refractivity contribution in [2.75, 3.05) is 13.7 Å². The van der Waals surface area contributed by atoms with E-state index in [4.69, 9.17) is 4.74 Å². The molecule has 76 valence electrons. The molecule has 0 fully saturated rings. The average molecular weight is 190 g/mol. The lowest BCUT2D eigenvalue weighted by molar-refractivity contribution is 0.139. The van der Waals surface area contributed by atoms with E-state index in [1.165, 1.54) is 5.56 Å². The molecule has 0 heterocycles. The zero-order chi connectivity index (χ0) is 10.4. The van der Waals surface area contributed by atoms with Crippen molar-refractivity contribution >= 4 is 0 Å². The van der Waals surface area contributed by atoms with Gasteiger partial charge in [-0.2, -0.15) is 0 Å². The van der Waals surface area contributed by atoms with Crippen LogP contribution in [0.4, 0.5) is 0 Å². The molecule has 0 spiro atoms. The summed E-state index contributed by atoms with van der Waals surface area (Å²) in [7, 11) is 1.74. The molecule has 1 nitrogen and oxygen atoms in total. The molecular weight excluding hydrogens is 172 g/mol. The summed E-state index contributed by atoms with van der Waals surface area (Å²) in [5.41, 5.74) is 1.36. The van der Waals surface area contributed by atoms with E-state index in [1.807, 2.05) is 12.1 Å². The van der Waals surface area contributed by atoms with Gasteiger partial charge in [-0.05, 0) is 12.0 Å². The van der Waals surface area contributed by atoms with E-state index in [9.17, 15) is 0 Å². The van der Waals surface area contributed by atoms with Crippen LogP contribution in [0.1, 0.15) is 18.9 Å². The lowest BCUT2D eigenvalue weighted by Gasteiger charge is -2.28. The second-order valence-electron chi connectivity index (χ2n) is 3.85. The first-order valence-corrected chi connectivity index (χ1v) is 4.88. The Balaban J connectivity index is 2.92. The Morgan fingerprint density at radius 3 is 2.50 bits per heavy atom. The second-order valence-corrected chi connectivity index (χ2v) is 3.85. The van der Waals surface area contributed by atoms with Gasteiger partial charge in [0, 0.05) is 12.5 Å². The Hall–Kier alpha value is -1.08. The minimum atomic E-state index is 0.0533. The van der Waals surface area contributed by atoms with Crippen molar-refractivity contribution in [3.63, 3.8) is 0 Å². The molecule has 1 heteroatoms. The highest BCUT2D eigenvalue weighted by Crippen LogP contribution is 2.27. The Labute approximate surface area is 86.4 Å². The summed E-state index contributed by atoms with van der Waals surface area (Å²) in [5.74, 6) is 0. The zero-order valence-corrected chi connectivity index (χ0v) is 8.99. The fraction of sp³-hybridized carbons (Fsp3) is 0.385. The Kier molecular flexibility index (Phi) is 3.90. The van der Waals surface area contributed by atoms with E-state index in [1.54, 1.807) is 7.11 Å². The van der Waals surface area contributed by atoms with Crippen LogP contribution < -0.4 is 0 Å². The molecule has 0 amide bonds. The molecule has 1 unspecified atom stereocenters. The lowest BCUT2D eigenvalue weighted by atomic mass is 9.80. The van der Waals surface area contributed by atoms with Crippen LogP contribution in [-0.4, -0.2) is 13.7 Å². The van der Waals surface area contributed by atoms with Gasteiger partial charge in [-0.1, -0.05) is 43.3 Å². The van der Waals surface area contributed by atoms with Gasteiger partial charge in [0.15, 0.2) is 0 Å². The highest BCUT2D eigenvalue weighted by atomic mass is 16.5. The van der Waals surface area contributed by atoms with Crippen molar-refractivity contribution in [1.82, 2.24) is 0 Å². The van der Waals surface area contributed by atoms with Gasteiger partial charge < -0.3 is 4.74 Å². The summed E-state index contributed by atoms with van der Waals surface area (Å²) < 4.78 is 5.27. The van der Waals surface area contributed by atoms with Crippen molar-refractivity contribution in [2.24, 2.45) is 0 Å². The van der Waals surface area contributed by atoms with Crippen LogP contribution in [0, 0.1) is 0 Å². The number of rotatable bonds is 5. The number of benzene rings is 1. The summed E-state index contributed by atoms with van der Waals surface area (Å²) >= 11 is 0. The topological polar surface area (TPSA) is 9.23 Å². The van der Waals surface area contributed by atoms with Crippen LogP contribution in [-0.2, 0) is 10.2 Å². The number of ether oxygens (including phenoxy) is 1. The van der Waals surface area contributed by atoms with Crippen molar-refractivity contribution in [2.45, 2.75) is 18.8 Å². The molecular formula is C13H18O. The smallest absolute Gasteiger partial charge is 0.0559 e. The molecule has 0 aromatic heterocycles. The average Bonchev–Trinajstić information content (AvgIpc) is 2.20. The predicted octanol–water partition coefficient (Wildman–Crippen LogP) is 3.17. The van der Waals surface area contributed by atoms with Crippen molar-refractivity contribution in [3.05, 3.63) is 48.6 Å². The Bertz CT molecular complexity index is 279. The minimum Gasteiger partial charge on any atom is -0.384 e. The number of hydrogen-bond donors (Lipinski definition) is 0.